The van der Waals surface area contributed by atoms with Crippen LogP contribution in [-0.2, 0) is 0 Å². The van der Waals surface area contributed by atoms with Crippen molar-refractivity contribution in [3.05, 3.63) is 35.2 Å². The van der Waals surface area contributed by atoms with Gasteiger partial charge >= 0.3 is 0 Å². The molecule has 124 valence electrons. The van der Waals surface area contributed by atoms with Crippen LogP contribution in [0.3, 0.4) is 0 Å². The Kier molecular flexibility index (Phi) is 4.96. The van der Waals surface area contributed by atoms with Gasteiger partial charge in [0.2, 0.25) is 5.82 Å². The van der Waals surface area contributed by atoms with E-state index < -0.39 is 0 Å². The number of hydrogen-bond acceptors (Lipinski definition) is 6. The molecule has 1 atom stereocenters. The van der Waals surface area contributed by atoms with E-state index in [4.69, 9.17) is 11.6 Å². The number of aromatic nitrogens is 4. The SMILES string of the molecule is CC1CCCN(c2c(Cl)cccc2NC=C(C#N)c2nn[nH]n2)C1. The van der Waals surface area contributed by atoms with Crippen LogP contribution < -0.4 is 10.2 Å². The van der Waals surface area contributed by atoms with Gasteiger partial charge in [-0.05, 0) is 36.1 Å². The molecule has 0 aliphatic carbocycles. The number of nitrogens with one attached hydrogen (secondary N) is 2. The number of halogens is 1. The number of hydrogen-bond donors (Lipinski definition) is 2. The Bertz CT molecular complexity index is 763. The molecule has 2 heterocycles. The maximum Gasteiger partial charge on any atom is 0.216 e. The number of benzene rings is 1. The third-order valence-corrected chi connectivity index (χ3v) is 4.34. The fourth-order valence-electron chi connectivity index (χ4n) is 2.92. The zero-order valence-corrected chi connectivity index (χ0v) is 14.1. The zero-order chi connectivity index (χ0) is 16.9. The van der Waals surface area contributed by atoms with Crippen molar-refractivity contribution in [2.75, 3.05) is 23.3 Å². The molecule has 0 spiro atoms. The van der Waals surface area contributed by atoms with Crippen molar-refractivity contribution in [2.24, 2.45) is 5.92 Å². The molecule has 1 saturated heterocycles. The average Bonchev–Trinajstić information content (AvgIpc) is 3.10. The molecule has 0 bridgehead atoms. The van der Waals surface area contributed by atoms with Gasteiger partial charge < -0.3 is 10.2 Å². The molecule has 0 radical (unpaired) electrons. The van der Waals surface area contributed by atoms with Crippen molar-refractivity contribution < 1.29 is 0 Å². The Hall–Kier alpha value is -2.59. The topological polar surface area (TPSA) is 93.5 Å². The van der Waals surface area contributed by atoms with E-state index in [0.29, 0.717) is 16.5 Å². The molecule has 1 fully saturated rings. The van der Waals surface area contributed by atoms with Crippen molar-refractivity contribution >= 4 is 28.5 Å². The highest BCUT2D eigenvalue weighted by atomic mass is 35.5. The molecule has 1 aromatic heterocycles. The monoisotopic (exact) mass is 343 g/mol. The summed E-state index contributed by atoms with van der Waals surface area (Å²) in [5.74, 6) is 0.882. The quantitative estimate of drug-likeness (QED) is 0.829. The van der Waals surface area contributed by atoms with E-state index in [1.807, 2.05) is 18.2 Å². The number of nitriles is 1. The van der Waals surface area contributed by atoms with Gasteiger partial charge in [0.1, 0.15) is 11.6 Å². The highest BCUT2D eigenvalue weighted by Gasteiger charge is 2.21. The third kappa shape index (κ3) is 3.49. The molecule has 1 aliphatic heterocycles. The molecular formula is C16H18ClN7. The summed E-state index contributed by atoms with van der Waals surface area (Å²) < 4.78 is 0. The molecule has 2 N–H and O–H groups in total. The summed E-state index contributed by atoms with van der Waals surface area (Å²) in [4.78, 5) is 2.30. The lowest BCUT2D eigenvalue weighted by molar-refractivity contribution is 0.447. The number of allylic oxidation sites excluding steroid dienone is 1. The predicted molar refractivity (Wildman–Crippen MR) is 93.5 cm³/mol. The van der Waals surface area contributed by atoms with Gasteiger partial charge in [0.15, 0.2) is 0 Å². The van der Waals surface area contributed by atoms with E-state index in [1.165, 1.54) is 6.42 Å². The Labute approximate surface area is 145 Å². The van der Waals surface area contributed by atoms with Gasteiger partial charge in [-0.1, -0.05) is 24.6 Å². The first kappa shape index (κ1) is 16.3. The molecule has 8 heteroatoms. The average molecular weight is 344 g/mol. The first-order valence-corrected chi connectivity index (χ1v) is 8.21. The van der Waals surface area contributed by atoms with E-state index in [0.717, 1.165) is 30.9 Å². The van der Waals surface area contributed by atoms with Crippen molar-refractivity contribution in [1.29, 1.82) is 5.26 Å². The van der Waals surface area contributed by atoms with Gasteiger partial charge in [0.25, 0.3) is 0 Å². The molecule has 1 aromatic carbocycles. The van der Waals surface area contributed by atoms with E-state index >= 15 is 0 Å². The molecule has 1 unspecified atom stereocenters. The van der Waals surface area contributed by atoms with Crippen LogP contribution in [-0.4, -0.2) is 33.7 Å². The van der Waals surface area contributed by atoms with Crippen LogP contribution in [0.5, 0.6) is 0 Å². The fraction of sp³-hybridized carbons (Fsp3) is 0.375. The molecule has 2 aromatic rings. The van der Waals surface area contributed by atoms with Crippen molar-refractivity contribution in [2.45, 2.75) is 19.8 Å². The van der Waals surface area contributed by atoms with E-state index in [1.54, 1.807) is 6.20 Å². The van der Waals surface area contributed by atoms with Crippen molar-refractivity contribution in [3.8, 4) is 6.07 Å². The summed E-state index contributed by atoms with van der Waals surface area (Å²) in [6, 6.07) is 7.78. The second kappa shape index (κ2) is 7.32. The predicted octanol–water partition coefficient (Wildman–Crippen LogP) is 3.07. The zero-order valence-electron chi connectivity index (χ0n) is 13.3. The number of H-pyrrole nitrogens is 1. The largest absolute Gasteiger partial charge is 0.368 e. The lowest BCUT2D eigenvalue weighted by Gasteiger charge is -2.34. The van der Waals surface area contributed by atoms with E-state index in [-0.39, 0.29) is 5.82 Å². The summed E-state index contributed by atoms with van der Waals surface area (Å²) in [6.07, 6.45) is 3.96. The third-order valence-electron chi connectivity index (χ3n) is 4.04. The minimum Gasteiger partial charge on any atom is -0.368 e. The fourth-order valence-corrected chi connectivity index (χ4v) is 3.21. The second-order valence-corrected chi connectivity index (χ2v) is 6.29. The summed E-state index contributed by atoms with van der Waals surface area (Å²) in [6.45, 7) is 4.19. The van der Waals surface area contributed by atoms with Crippen LogP contribution >= 0.6 is 11.6 Å². The van der Waals surface area contributed by atoms with Gasteiger partial charge in [-0.15, -0.1) is 10.2 Å². The molecule has 0 amide bonds. The normalized spacial score (nSPS) is 18.3. The minimum atomic E-state index is 0.250. The number of aromatic amines is 1. The Morgan fingerprint density at radius 2 is 2.42 bits per heavy atom. The lowest BCUT2D eigenvalue weighted by Crippen LogP contribution is -2.34. The van der Waals surface area contributed by atoms with Crippen LogP contribution in [0.1, 0.15) is 25.6 Å². The van der Waals surface area contributed by atoms with Gasteiger partial charge in [0.05, 0.1) is 16.4 Å². The van der Waals surface area contributed by atoms with Crippen LogP contribution in [0.2, 0.25) is 5.02 Å². The number of anilines is 2. The number of tetrazole rings is 1. The summed E-state index contributed by atoms with van der Waals surface area (Å²) in [5.41, 5.74) is 2.11. The standard InChI is InChI=1S/C16H18ClN7/c1-11-4-3-7-24(10-11)15-13(17)5-2-6-14(15)19-9-12(8-18)16-20-22-23-21-16/h2,5-6,9,11,19H,3-4,7,10H2,1H3,(H,20,21,22,23). The Morgan fingerprint density at radius 3 is 3.12 bits per heavy atom. The van der Waals surface area contributed by atoms with Crippen molar-refractivity contribution in [3.63, 3.8) is 0 Å². The lowest BCUT2D eigenvalue weighted by atomic mass is 9.99. The highest BCUT2D eigenvalue weighted by molar-refractivity contribution is 6.34. The molecular weight excluding hydrogens is 326 g/mol. The maximum absolute atomic E-state index is 9.27. The number of rotatable bonds is 4. The van der Waals surface area contributed by atoms with E-state index in [2.05, 4.69) is 43.8 Å². The molecule has 24 heavy (non-hydrogen) atoms. The Balaban J connectivity index is 1.88. The van der Waals surface area contributed by atoms with Gasteiger partial charge in [0, 0.05) is 19.3 Å². The number of piperidine rings is 1. The maximum atomic E-state index is 9.27. The summed E-state index contributed by atoms with van der Waals surface area (Å²) >= 11 is 6.45. The molecule has 1 aliphatic rings. The minimum absolute atomic E-state index is 0.250. The van der Waals surface area contributed by atoms with Crippen LogP contribution in [0.4, 0.5) is 11.4 Å². The van der Waals surface area contributed by atoms with Gasteiger partial charge in [-0.3, -0.25) is 0 Å². The van der Waals surface area contributed by atoms with Crippen LogP contribution in [0.25, 0.3) is 5.57 Å². The highest BCUT2D eigenvalue weighted by Crippen LogP contribution is 2.36. The molecule has 0 saturated carbocycles. The van der Waals surface area contributed by atoms with Gasteiger partial charge in [-0.25, -0.2) is 0 Å². The smallest absolute Gasteiger partial charge is 0.216 e. The van der Waals surface area contributed by atoms with Crippen molar-refractivity contribution in [1.82, 2.24) is 20.6 Å². The second-order valence-electron chi connectivity index (χ2n) is 5.88. The molecule has 3 rings (SSSR count). The Morgan fingerprint density at radius 1 is 1.54 bits per heavy atom. The van der Waals surface area contributed by atoms with Crippen LogP contribution in [0, 0.1) is 17.2 Å². The van der Waals surface area contributed by atoms with Gasteiger partial charge in [-0.2, -0.15) is 10.5 Å². The number of para-hydroxylation sites is 1. The number of nitrogens with zero attached hydrogens (tertiary/aromatic N) is 5. The van der Waals surface area contributed by atoms with E-state index in [9.17, 15) is 5.26 Å². The molecule has 7 nitrogen and oxygen atoms in total. The first-order chi connectivity index (χ1) is 11.7. The van der Waals surface area contributed by atoms with Crippen LogP contribution in [0.15, 0.2) is 24.4 Å². The summed E-state index contributed by atoms with van der Waals surface area (Å²) in [5, 5.41) is 26.6. The first-order valence-electron chi connectivity index (χ1n) is 7.83. The summed E-state index contributed by atoms with van der Waals surface area (Å²) in [7, 11) is 0.